The van der Waals surface area contributed by atoms with Crippen molar-refractivity contribution in [1.29, 1.82) is 0 Å². The Bertz CT molecular complexity index is 1490. The molecule has 12 heteroatoms. The number of benzene rings is 1. The van der Waals surface area contributed by atoms with E-state index in [0.717, 1.165) is 40.6 Å². The number of ketones is 1. The summed E-state index contributed by atoms with van der Waals surface area (Å²) in [4.78, 5) is 46.9. The van der Waals surface area contributed by atoms with Crippen molar-refractivity contribution in [2.45, 2.75) is 25.6 Å². The molecule has 1 saturated heterocycles. The molecule has 35 heavy (non-hydrogen) atoms. The molecule has 3 aromatic heterocycles. The zero-order valence-corrected chi connectivity index (χ0v) is 18.2. The lowest BCUT2D eigenvalue weighted by Crippen LogP contribution is -2.27. The molecule has 4 aromatic rings. The number of aromatic amines is 1. The van der Waals surface area contributed by atoms with Gasteiger partial charge >= 0.3 is 6.18 Å². The first-order valence-corrected chi connectivity index (χ1v) is 10.8. The van der Waals surface area contributed by atoms with Crippen LogP contribution in [-0.2, 0) is 12.7 Å². The largest absolute Gasteiger partial charge is 0.416 e. The van der Waals surface area contributed by atoms with Crippen LogP contribution in [-0.4, -0.2) is 54.0 Å². The van der Waals surface area contributed by atoms with Crippen molar-refractivity contribution in [3.63, 3.8) is 0 Å². The number of amides is 1. The van der Waals surface area contributed by atoms with Gasteiger partial charge in [-0.15, -0.1) is 0 Å². The highest BCUT2D eigenvalue weighted by Crippen LogP contribution is 2.30. The van der Waals surface area contributed by atoms with Crippen LogP contribution < -0.4 is 5.56 Å². The summed E-state index contributed by atoms with van der Waals surface area (Å²) >= 11 is 0. The lowest BCUT2D eigenvalue weighted by Gasteiger charge is -2.13. The number of nitrogens with zero attached hydrogens (tertiary/aromatic N) is 5. The SMILES string of the molecule is O=C(Cn1cnc2c(cnn2-c2cccc(C(F)(F)F)c2)c1=O)c1c[nH]c(C(=O)N2CCCC2)c1. The topological polar surface area (TPSA) is 106 Å². The maximum Gasteiger partial charge on any atom is 0.416 e. The van der Waals surface area contributed by atoms with Gasteiger partial charge in [-0.05, 0) is 37.1 Å². The third kappa shape index (κ3) is 4.22. The molecule has 1 amide bonds. The minimum absolute atomic E-state index is 0.0525. The van der Waals surface area contributed by atoms with E-state index in [9.17, 15) is 27.6 Å². The maximum absolute atomic E-state index is 13.1. The Hall–Kier alpha value is -4.22. The van der Waals surface area contributed by atoms with Crippen molar-refractivity contribution in [2.75, 3.05) is 13.1 Å². The molecule has 0 radical (unpaired) electrons. The van der Waals surface area contributed by atoms with Crippen LogP contribution in [0.2, 0.25) is 0 Å². The first kappa shape index (κ1) is 22.6. The molecule has 0 atom stereocenters. The van der Waals surface area contributed by atoms with Crippen LogP contribution in [0.5, 0.6) is 0 Å². The van der Waals surface area contributed by atoms with Crippen LogP contribution in [0.4, 0.5) is 13.2 Å². The molecule has 5 rings (SSSR count). The number of nitrogens with one attached hydrogen (secondary N) is 1. The number of carbonyl (C=O) groups excluding carboxylic acids is 2. The van der Waals surface area contributed by atoms with E-state index in [4.69, 9.17) is 0 Å². The van der Waals surface area contributed by atoms with Crippen LogP contribution in [0.25, 0.3) is 16.7 Å². The van der Waals surface area contributed by atoms with Crippen LogP contribution in [0.3, 0.4) is 0 Å². The molecular weight excluding hydrogens is 465 g/mol. The zero-order valence-electron chi connectivity index (χ0n) is 18.2. The smallest absolute Gasteiger partial charge is 0.356 e. The van der Waals surface area contributed by atoms with Gasteiger partial charge in [-0.1, -0.05) is 6.07 Å². The average Bonchev–Trinajstić information content (AvgIpc) is 3.60. The first-order valence-electron chi connectivity index (χ1n) is 10.8. The van der Waals surface area contributed by atoms with Gasteiger partial charge in [0.1, 0.15) is 17.4 Å². The number of halogens is 3. The van der Waals surface area contributed by atoms with Gasteiger partial charge in [-0.2, -0.15) is 18.3 Å². The van der Waals surface area contributed by atoms with E-state index in [-0.39, 0.29) is 34.7 Å². The number of likely N-dealkylation sites (tertiary alicyclic amines) is 1. The summed E-state index contributed by atoms with van der Waals surface area (Å²) in [6.45, 7) is 1.03. The van der Waals surface area contributed by atoms with Gasteiger partial charge in [0, 0.05) is 24.8 Å². The van der Waals surface area contributed by atoms with Crippen molar-refractivity contribution in [3.05, 3.63) is 76.2 Å². The van der Waals surface area contributed by atoms with E-state index < -0.39 is 23.1 Å². The second-order valence-corrected chi connectivity index (χ2v) is 8.24. The monoisotopic (exact) mass is 484 g/mol. The van der Waals surface area contributed by atoms with Crippen molar-refractivity contribution in [1.82, 2.24) is 29.2 Å². The molecule has 0 aliphatic carbocycles. The quantitative estimate of drug-likeness (QED) is 0.439. The molecule has 0 spiro atoms. The number of hydrogen-bond donors (Lipinski definition) is 1. The first-order chi connectivity index (χ1) is 16.7. The predicted octanol–water partition coefficient (Wildman–Crippen LogP) is 3.05. The van der Waals surface area contributed by atoms with Gasteiger partial charge in [0.2, 0.25) is 0 Å². The predicted molar refractivity (Wildman–Crippen MR) is 118 cm³/mol. The van der Waals surface area contributed by atoms with Gasteiger partial charge in [0.15, 0.2) is 11.4 Å². The summed E-state index contributed by atoms with van der Waals surface area (Å²) in [5.41, 5.74) is -0.703. The number of hydrogen-bond acceptors (Lipinski definition) is 5. The van der Waals surface area contributed by atoms with Crippen molar-refractivity contribution in [3.8, 4) is 5.69 Å². The van der Waals surface area contributed by atoms with Crippen LogP contribution >= 0.6 is 0 Å². The van der Waals surface area contributed by atoms with Gasteiger partial charge in [-0.25, -0.2) is 9.67 Å². The number of alkyl halides is 3. The summed E-state index contributed by atoms with van der Waals surface area (Å²) in [6.07, 6.45) is 1.14. The number of H-pyrrole nitrogens is 1. The lowest BCUT2D eigenvalue weighted by molar-refractivity contribution is -0.137. The van der Waals surface area contributed by atoms with Crippen molar-refractivity contribution in [2.24, 2.45) is 0 Å². The molecule has 180 valence electrons. The molecule has 9 nitrogen and oxygen atoms in total. The summed E-state index contributed by atoms with van der Waals surface area (Å²) in [5, 5.41) is 4.08. The third-order valence-electron chi connectivity index (χ3n) is 5.92. The lowest BCUT2D eigenvalue weighted by atomic mass is 10.2. The number of Topliss-reactive ketones (excluding diaryl/α,β-unsaturated/α-hetero) is 1. The van der Waals surface area contributed by atoms with E-state index in [1.54, 1.807) is 4.90 Å². The fourth-order valence-corrected chi connectivity index (χ4v) is 4.08. The van der Waals surface area contributed by atoms with Gasteiger partial charge in [0.05, 0.1) is 24.0 Å². The van der Waals surface area contributed by atoms with Gasteiger partial charge in [0.25, 0.3) is 11.5 Å². The van der Waals surface area contributed by atoms with Crippen molar-refractivity contribution < 1.29 is 22.8 Å². The summed E-state index contributed by atoms with van der Waals surface area (Å²) in [6, 6.07) is 5.98. The number of carbonyl (C=O) groups is 2. The van der Waals surface area contributed by atoms with Gasteiger partial charge < -0.3 is 9.88 Å². The molecule has 0 saturated carbocycles. The molecule has 1 fully saturated rings. The summed E-state index contributed by atoms with van der Waals surface area (Å²) in [7, 11) is 0. The van der Waals surface area contributed by atoms with Crippen LogP contribution in [0, 0.1) is 0 Å². The summed E-state index contributed by atoms with van der Waals surface area (Å²) < 4.78 is 41.5. The highest BCUT2D eigenvalue weighted by Gasteiger charge is 2.31. The number of rotatable bonds is 5. The van der Waals surface area contributed by atoms with E-state index in [1.807, 2.05) is 0 Å². The Morgan fingerprint density at radius 1 is 1.11 bits per heavy atom. The molecule has 1 aromatic carbocycles. The molecule has 1 aliphatic rings. The molecule has 1 aliphatic heterocycles. The van der Waals surface area contributed by atoms with E-state index in [1.165, 1.54) is 30.6 Å². The Labute approximate surface area is 195 Å². The molecule has 0 unspecified atom stereocenters. The standard InChI is InChI=1S/C23H19F3N6O3/c24-23(25,26)15-4-3-5-16(9-15)32-20-17(11-29-32)21(34)31(13-28-20)12-19(33)14-8-18(27-10-14)22(35)30-6-1-2-7-30/h3-5,8-11,13,27H,1-2,6-7,12H2. The Morgan fingerprint density at radius 3 is 2.63 bits per heavy atom. The summed E-state index contributed by atoms with van der Waals surface area (Å²) in [5.74, 6) is -0.584. The van der Waals surface area contributed by atoms with Crippen LogP contribution in [0.1, 0.15) is 39.3 Å². The normalized spacial score (nSPS) is 14.1. The Morgan fingerprint density at radius 2 is 1.89 bits per heavy atom. The third-order valence-corrected chi connectivity index (χ3v) is 5.92. The van der Waals surface area contributed by atoms with E-state index >= 15 is 0 Å². The van der Waals surface area contributed by atoms with Crippen molar-refractivity contribution >= 4 is 22.7 Å². The van der Waals surface area contributed by atoms with Crippen LogP contribution in [0.15, 0.2) is 53.8 Å². The number of aromatic nitrogens is 5. The zero-order chi connectivity index (χ0) is 24.7. The van der Waals surface area contributed by atoms with E-state index in [0.29, 0.717) is 18.8 Å². The Balaban J connectivity index is 1.39. The molecule has 0 bridgehead atoms. The fraction of sp³-hybridized carbons (Fsp3) is 0.261. The average molecular weight is 484 g/mol. The molecule has 1 N–H and O–H groups in total. The highest BCUT2D eigenvalue weighted by molar-refractivity contribution is 6.00. The van der Waals surface area contributed by atoms with E-state index in [2.05, 4.69) is 15.1 Å². The second kappa shape index (κ2) is 8.53. The van der Waals surface area contributed by atoms with Gasteiger partial charge in [-0.3, -0.25) is 19.0 Å². The Kier molecular flexibility index (Phi) is 5.50. The fourth-order valence-electron chi connectivity index (χ4n) is 4.08. The second-order valence-electron chi connectivity index (χ2n) is 8.24. The molecule has 4 heterocycles. The number of fused-ring (bicyclic) bond motifs is 1. The minimum Gasteiger partial charge on any atom is -0.356 e. The minimum atomic E-state index is -4.53. The maximum atomic E-state index is 13.1. The highest BCUT2D eigenvalue weighted by atomic mass is 19.4. The molecular formula is C23H19F3N6O3.